The van der Waals surface area contributed by atoms with Gasteiger partial charge in [-0.3, -0.25) is 4.79 Å². The minimum atomic E-state index is -1.04. The van der Waals surface area contributed by atoms with Gasteiger partial charge in [0, 0.05) is 17.3 Å². The van der Waals surface area contributed by atoms with Crippen LogP contribution in [0, 0.1) is 17.7 Å². The van der Waals surface area contributed by atoms with E-state index in [4.69, 9.17) is 5.11 Å². The number of carboxylic acid groups (broad SMARTS) is 1. The van der Waals surface area contributed by atoms with Crippen LogP contribution in [0.15, 0.2) is 18.2 Å². The third-order valence-electron chi connectivity index (χ3n) is 1.85. The minimum absolute atomic E-state index is 0.179. The Labute approximate surface area is 102 Å². The van der Waals surface area contributed by atoms with Crippen LogP contribution in [0.1, 0.15) is 17.5 Å². The number of hydrogen-bond acceptors (Lipinski definition) is 1. The number of hydrogen-bond donors (Lipinski definition) is 1. The lowest BCUT2D eigenvalue weighted by Gasteiger charge is -1.99. The van der Waals surface area contributed by atoms with Crippen LogP contribution < -0.4 is 0 Å². The highest BCUT2D eigenvalue weighted by Gasteiger charge is 2.06. The average Bonchev–Trinajstić information content (AvgIpc) is 2.22. The molecule has 1 rings (SSSR count). The molecule has 1 aromatic carbocycles. The van der Waals surface area contributed by atoms with E-state index in [9.17, 15) is 9.18 Å². The maximum absolute atomic E-state index is 13.4. The fourth-order valence-corrected chi connectivity index (χ4v) is 1.34. The monoisotopic (exact) mass is 284 g/mol. The van der Waals surface area contributed by atoms with E-state index >= 15 is 0 Å². The van der Waals surface area contributed by atoms with Gasteiger partial charge in [-0.25, -0.2) is 4.39 Å². The first kappa shape index (κ1) is 12.7. The molecule has 2 nitrogen and oxygen atoms in total. The number of halogens is 2. The van der Waals surface area contributed by atoms with Crippen LogP contribution in [0.2, 0.25) is 0 Å². The first-order valence-corrected chi connectivity index (χ1v) is 5.80. The van der Waals surface area contributed by atoms with Crippen molar-refractivity contribution < 1.29 is 14.3 Å². The van der Waals surface area contributed by atoms with Crippen molar-refractivity contribution in [3.63, 3.8) is 0 Å². The number of alkyl halides is 1. The molecule has 0 aliphatic heterocycles. The molecular formula is C12H10BrFO2. The largest absolute Gasteiger partial charge is 0.481 e. The first-order valence-electron chi connectivity index (χ1n) is 4.68. The molecule has 0 amide bonds. The second-order valence-corrected chi connectivity index (χ2v) is 3.91. The predicted octanol–water partition coefficient (Wildman–Crippen LogP) is 2.59. The smallest absolute Gasteiger partial charge is 0.307 e. The molecule has 0 bridgehead atoms. The Hall–Kier alpha value is -1.34. The van der Waals surface area contributed by atoms with Crippen LogP contribution in [0.25, 0.3) is 0 Å². The maximum atomic E-state index is 13.4. The van der Waals surface area contributed by atoms with E-state index in [1.54, 1.807) is 6.07 Å². The fraction of sp³-hybridized carbons (Fsp3) is 0.250. The Morgan fingerprint density at radius 1 is 1.50 bits per heavy atom. The van der Waals surface area contributed by atoms with Crippen LogP contribution in [0.4, 0.5) is 4.39 Å². The van der Waals surface area contributed by atoms with Crippen molar-refractivity contribution in [2.75, 3.05) is 5.33 Å². The van der Waals surface area contributed by atoms with Gasteiger partial charge in [0.1, 0.15) is 5.82 Å². The highest BCUT2D eigenvalue weighted by Crippen LogP contribution is 2.10. The molecule has 0 aliphatic carbocycles. The molecule has 0 fully saturated rings. The van der Waals surface area contributed by atoms with Gasteiger partial charge >= 0.3 is 5.97 Å². The lowest BCUT2D eigenvalue weighted by molar-refractivity contribution is -0.136. The van der Waals surface area contributed by atoms with Crippen molar-refractivity contribution in [1.82, 2.24) is 0 Å². The van der Waals surface area contributed by atoms with Crippen LogP contribution >= 0.6 is 15.9 Å². The molecule has 1 N–H and O–H groups in total. The second-order valence-electron chi connectivity index (χ2n) is 3.12. The van der Waals surface area contributed by atoms with E-state index < -0.39 is 11.8 Å². The highest BCUT2D eigenvalue weighted by molar-refractivity contribution is 9.09. The molecule has 0 unspecified atom stereocenters. The molecule has 0 radical (unpaired) electrons. The van der Waals surface area contributed by atoms with E-state index in [-0.39, 0.29) is 12.0 Å². The van der Waals surface area contributed by atoms with Crippen molar-refractivity contribution in [1.29, 1.82) is 0 Å². The minimum Gasteiger partial charge on any atom is -0.481 e. The summed E-state index contributed by atoms with van der Waals surface area (Å²) in [6.07, 6.45) is 0.388. The van der Waals surface area contributed by atoms with Gasteiger partial charge in [-0.15, -0.1) is 0 Å². The summed E-state index contributed by atoms with van der Waals surface area (Å²) in [4.78, 5) is 10.4. The SMILES string of the molecule is O=C(O)Cc1ccc(C#CCCBr)cc1F. The highest BCUT2D eigenvalue weighted by atomic mass is 79.9. The summed E-state index contributed by atoms with van der Waals surface area (Å²) in [5.74, 6) is 4.09. The molecule has 0 heterocycles. The molecule has 0 aromatic heterocycles. The Kier molecular flexibility index (Phi) is 5.00. The zero-order valence-electron chi connectivity index (χ0n) is 8.46. The zero-order chi connectivity index (χ0) is 12.0. The van der Waals surface area contributed by atoms with Crippen LogP contribution in [0.5, 0.6) is 0 Å². The Bertz CT molecular complexity index is 446. The number of rotatable bonds is 3. The van der Waals surface area contributed by atoms with E-state index in [0.29, 0.717) is 12.0 Å². The van der Waals surface area contributed by atoms with Gasteiger partial charge in [0.15, 0.2) is 0 Å². The van der Waals surface area contributed by atoms with Gasteiger partial charge in [-0.05, 0) is 17.7 Å². The van der Waals surface area contributed by atoms with E-state index in [2.05, 4.69) is 27.8 Å². The Morgan fingerprint density at radius 3 is 2.81 bits per heavy atom. The van der Waals surface area contributed by atoms with Crippen molar-refractivity contribution in [3.05, 3.63) is 35.1 Å². The normalized spacial score (nSPS) is 9.38. The summed E-state index contributed by atoms with van der Waals surface area (Å²) in [7, 11) is 0. The van der Waals surface area contributed by atoms with Crippen LogP contribution in [-0.4, -0.2) is 16.4 Å². The number of carbonyl (C=O) groups is 1. The lowest BCUT2D eigenvalue weighted by Crippen LogP contribution is -2.02. The topological polar surface area (TPSA) is 37.3 Å². The Balaban J connectivity index is 2.83. The third kappa shape index (κ3) is 4.03. The molecule has 1 aromatic rings. The van der Waals surface area contributed by atoms with Crippen LogP contribution in [0.3, 0.4) is 0 Å². The second kappa shape index (κ2) is 6.29. The van der Waals surface area contributed by atoms with Gasteiger partial charge in [0.2, 0.25) is 0 Å². The molecule has 0 aliphatic rings. The van der Waals surface area contributed by atoms with Crippen molar-refractivity contribution in [2.24, 2.45) is 0 Å². The van der Waals surface area contributed by atoms with Gasteiger partial charge in [0.05, 0.1) is 6.42 Å². The molecule has 84 valence electrons. The van der Waals surface area contributed by atoms with E-state index in [1.807, 2.05) is 0 Å². The third-order valence-corrected chi connectivity index (χ3v) is 2.24. The van der Waals surface area contributed by atoms with Crippen molar-refractivity contribution >= 4 is 21.9 Å². The molecule has 16 heavy (non-hydrogen) atoms. The van der Waals surface area contributed by atoms with Gasteiger partial charge < -0.3 is 5.11 Å². The fourth-order valence-electron chi connectivity index (χ4n) is 1.14. The molecule has 4 heteroatoms. The van der Waals surface area contributed by atoms with E-state index in [0.717, 1.165) is 5.33 Å². The maximum Gasteiger partial charge on any atom is 0.307 e. The lowest BCUT2D eigenvalue weighted by atomic mass is 10.1. The van der Waals surface area contributed by atoms with Gasteiger partial charge in [0.25, 0.3) is 0 Å². The number of carboxylic acids is 1. The summed E-state index contributed by atoms with van der Waals surface area (Å²) >= 11 is 3.23. The summed E-state index contributed by atoms with van der Waals surface area (Å²) in [5, 5.41) is 9.31. The summed E-state index contributed by atoms with van der Waals surface area (Å²) in [5.41, 5.74) is 0.742. The summed E-state index contributed by atoms with van der Waals surface area (Å²) in [6, 6.07) is 4.35. The number of benzene rings is 1. The van der Waals surface area contributed by atoms with Crippen molar-refractivity contribution in [3.8, 4) is 11.8 Å². The summed E-state index contributed by atoms with van der Waals surface area (Å²) in [6.45, 7) is 0. The van der Waals surface area contributed by atoms with Crippen molar-refractivity contribution in [2.45, 2.75) is 12.8 Å². The van der Waals surface area contributed by atoms with Gasteiger partial charge in [-0.2, -0.15) is 0 Å². The zero-order valence-corrected chi connectivity index (χ0v) is 10.1. The summed E-state index contributed by atoms with van der Waals surface area (Å²) < 4.78 is 13.4. The molecule has 0 spiro atoms. The Morgan fingerprint density at radius 2 is 2.25 bits per heavy atom. The predicted molar refractivity (Wildman–Crippen MR) is 63.0 cm³/mol. The standard InChI is InChI=1S/C12H10BrFO2/c13-6-2-1-3-9-4-5-10(8-12(15)16)11(14)7-9/h4-5,7H,2,6,8H2,(H,15,16). The van der Waals surface area contributed by atoms with E-state index in [1.165, 1.54) is 12.1 Å². The number of aliphatic carboxylic acids is 1. The molecule has 0 saturated heterocycles. The average molecular weight is 285 g/mol. The van der Waals surface area contributed by atoms with Gasteiger partial charge in [-0.1, -0.05) is 33.8 Å². The van der Waals surface area contributed by atoms with Crippen LogP contribution in [-0.2, 0) is 11.2 Å². The molecule has 0 atom stereocenters. The molecule has 0 saturated carbocycles. The molecular weight excluding hydrogens is 275 g/mol. The quantitative estimate of drug-likeness (QED) is 0.684. The first-order chi connectivity index (χ1) is 7.63.